The van der Waals surface area contributed by atoms with Gasteiger partial charge in [0, 0.05) is 34.6 Å². The van der Waals surface area contributed by atoms with Crippen LogP contribution in [0.2, 0.25) is 0 Å². The number of fused-ring (bicyclic) bond motifs is 1. The van der Waals surface area contributed by atoms with Gasteiger partial charge in [-0.2, -0.15) is 0 Å². The predicted octanol–water partition coefficient (Wildman–Crippen LogP) is 3.44. The molecule has 2 fully saturated rings. The third kappa shape index (κ3) is 5.97. The standard InChI is InChI=1S/C31H37BrN4O5/c1-20(6-2-11-28(38)35-15-5-9-24(35)19-37)31(41)25-17-22(32)12-13-27(25)36(30(31)40)18-21-7-3-8-23(16-21)34-29(39)26-10-4-14-33-26/h2-3,6-8,12-13,16-17,20,24,26,33,37,41H,4-5,9-11,14-15,18-19H2,1H3,(H,34,39)/b6-2+/t20-,24+,26-,31+/m1/s1. The molecule has 3 aliphatic rings. The smallest absolute Gasteiger partial charge is 0.264 e. The maximum absolute atomic E-state index is 13.9. The number of likely N-dealkylation sites (tertiary alicyclic amines) is 1. The van der Waals surface area contributed by atoms with Gasteiger partial charge in [0.05, 0.1) is 30.9 Å². The fourth-order valence-corrected chi connectivity index (χ4v) is 6.49. The van der Waals surface area contributed by atoms with Crippen LogP contribution in [-0.4, -0.2) is 64.6 Å². The molecule has 2 aromatic rings. The van der Waals surface area contributed by atoms with Crippen LogP contribution in [0, 0.1) is 5.92 Å². The molecular weight excluding hydrogens is 588 g/mol. The van der Waals surface area contributed by atoms with Crippen molar-refractivity contribution in [3.8, 4) is 0 Å². The summed E-state index contributed by atoms with van der Waals surface area (Å²) in [6.07, 6.45) is 7.01. The lowest BCUT2D eigenvalue weighted by molar-refractivity contribution is -0.139. The molecule has 0 unspecified atom stereocenters. The Balaban J connectivity index is 1.33. The van der Waals surface area contributed by atoms with E-state index in [4.69, 9.17) is 0 Å². The van der Waals surface area contributed by atoms with Gasteiger partial charge < -0.3 is 30.6 Å². The molecule has 3 aliphatic heterocycles. The predicted molar refractivity (Wildman–Crippen MR) is 160 cm³/mol. The monoisotopic (exact) mass is 624 g/mol. The van der Waals surface area contributed by atoms with Crippen LogP contribution in [0.4, 0.5) is 11.4 Å². The minimum atomic E-state index is -1.82. The minimum Gasteiger partial charge on any atom is -0.394 e. The molecule has 4 atom stereocenters. The van der Waals surface area contributed by atoms with Crippen molar-refractivity contribution in [1.29, 1.82) is 0 Å². The van der Waals surface area contributed by atoms with Crippen LogP contribution in [0.5, 0.6) is 0 Å². The van der Waals surface area contributed by atoms with Crippen molar-refractivity contribution < 1.29 is 24.6 Å². The van der Waals surface area contributed by atoms with Crippen LogP contribution in [0.15, 0.2) is 59.1 Å². The number of hydrogen-bond donors (Lipinski definition) is 4. The number of halogens is 1. The molecule has 0 spiro atoms. The van der Waals surface area contributed by atoms with Gasteiger partial charge in [-0.1, -0.05) is 47.1 Å². The van der Waals surface area contributed by atoms with Gasteiger partial charge in [0.2, 0.25) is 11.8 Å². The highest BCUT2D eigenvalue weighted by Gasteiger charge is 2.52. The highest BCUT2D eigenvalue weighted by atomic mass is 79.9. The summed E-state index contributed by atoms with van der Waals surface area (Å²) in [6.45, 7) is 3.41. The first-order valence-electron chi connectivity index (χ1n) is 14.3. The number of nitrogens with one attached hydrogen (secondary N) is 2. The molecule has 218 valence electrons. The van der Waals surface area contributed by atoms with E-state index in [1.165, 1.54) is 0 Å². The molecule has 9 nitrogen and oxygen atoms in total. The van der Waals surface area contributed by atoms with Gasteiger partial charge in [-0.3, -0.25) is 14.4 Å². The van der Waals surface area contributed by atoms with Gasteiger partial charge >= 0.3 is 0 Å². The number of rotatable bonds is 9. The average Bonchev–Trinajstić information content (AvgIpc) is 3.71. The molecule has 2 aromatic carbocycles. The van der Waals surface area contributed by atoms with Crippen molar-refractivity contribution in [3.05, 3.63) is 70.2 Å². The Morgan fingerprint density at radius 2 is 2.05 bits per heavy atom. The van der Waals surface area contributed by atoms with Gasteiger partial charge in [0.15, 0.2) is 5.60 Å². The molecule has 0 bridgehead atoms. The topological polar surface area (TPSA) is 122 Å². The summed E-state index contributed by atoms with van der Waals surface area (Å²) in [7, 11) is 0. The lowest BCUT2D eigenvalue weighted by atomic mass is 9.83. The maximum Gasteiger partial charge on any atom is 0.264 e. The Kier molecular flexibility index (Phi) is 8.94. The highest BCUT2D eigenvalue weighted by molar-refractivity contribution is 9.10. The number of benzene rings is 2. The van der Waals surface area contributed by atoms with Crippen LogP contribution < -0.4 is 15.5 Å². The van der Waals surface area contributed by atoms with E-state index < -0.39 is 17.4 Å². The maximum atomic E-state index is 13.9. The van der Waals surface area contributed by atoms with Gasteiger partial charge in [-0.05, 0) is 68.1 Å². The zero-order valence-electron chi connectivity index (χ0n) is 23.2. The number of nitrogens with zero attached hydrogens (tertiary/aromatic N) is 2. The molecule has 3 amide bonds. The van der Waals surface area contributed by atoms with Gasteiger partial charge in [-0.15, -0.1) is 0 Å². The number of carbonyl (C=O) groups is 3. The summed E-state index contributed by atoms with van der Waals surface area (Å²) < 4.78 is 0.741. The van der Waals surface area contributed by atoms with Crippen LogP contribution in [0.25, 0.3) is 0 Å². The van der Waals surface area contributed by atoms with E-state index in [1.807, 2.05) is 36.4 Å². The summed E-state index contributed by atoms with van der Waals surface area (Å²) in [6, 6.07) is 12.5. The second kappa shape index (κ2) is 12.4. The molecule has 2 saturated heterocycles. The highest BCUT2D eigenvalue weighted by Crippen LogP contribution is 2.46. The van der Waals surface area contributed by atoms with Crippen molar-refractivity contribution >= 4 is 45.0 Å². The largest absolute Gasteiger partial charge is 0.394 e. The summed E-state index contributed by atoms with van der Waals surface area (Å²) in [5.74, 6) is -1.21. The third-order valence-electron chi connectivity index (χ3n) is 8.43. The molecule has 0 saturated carbocycles. The molecule has 5 rings (SSSR count). The lowest BCUT2D eigenvalue weighted by Gasteiger charge is -2.28. The van der Waals surface area contributed by atoms with Crippen LogP contribution in [0.1, 0.15) is 50.2 Å². The van der Waals surface area contributed by atoms with Crippen molar-refractivity contribution in [3.63, 3.8) is 0 Å². The van der Waals surface area contributed by atoms with Crippen molar-refractivity contribution in [2.45, 2.75) is 63.3 Å². The Labute approximate surface area is 248 Å². The molecule has 10 heteroatoms. The number of anilines is 2. The van der Waals surface area contributed by atoms with Crippen molar-refractivity contribution in [2.75, 3.05) is 29.9 Å². The fourth-order valence-electron chi connectivity index (χ4n) is 6.13. The summed E-state index contributed by atoms with van der Waals surface area (Å²) >= 11 is 3.48. The number of aliphatic hydroxyl groups is 2. The van der Waals surface area contributed by atoms with Crippen LogP contribution >= 0.6 is 15.9 Å². The second-order valence-corrected chi connectivity index (χ2v) is 12.1. The van der Waals surface area contributed by atoms with Gasteiger partial charge in [0.1, 0.15) is 0 Å². The van der Waals surface area contributed by atoms with E-state index in [9.17, 15) is 24.6 Å². The second-order valence-electron chi connectivity index (χ2n) is 11.1. The van der Waals surface area contributed by atoms with Gasteiger partial charge in [0.25, 0.3) is 5.91 Å². The Hall–Kier alpha value is -3.05. The fraction of sp³-hybridized carbons (Fsp3) is 0.452. The third-order valence-corrected chi connectivity index (χ3v) is 8.92. The van der Waals surface area contributed by atoms with E-state index in [2.05, 4.69) is 26.6 Å². The summed E-state index contributed by atoms with van der Waals surface area (Å²) in [5.41, 5.74) is 0.759. The Morgan fingerprint density at radius 3 is 2.80 bits per heavy atom. The van der Waals surface area contributed by atoms with Crippen LogP contribution in [0.3, 0.4) is 0 Å². The molecule has 41 heavy (non-hydrogen) atoms. The van der Waals surface area contributed by atoms with Gasteiger partial charge in [-0.25, -0.2) is 0 Å². The summed E-state index contributed by atoms with van der Waals surface area (Å²) in [5, 5.41) is 27.7. The molecule has 4 N–H and O–H groups in total. The van der Waals surface area contributed by atoms with Crippen LogP contribution in [-0.2, 0) is 26.5 Å². The first-order valence-corrected chi connectivity index (χ1v) is 15.1. The molecular formula is C31H37BrN4O5. The van der Waals surface area contributed by atoms with Crippen molar-refractivity contribution in [1.82, 2.24) is 10.2 Å². The summed E-state index contributed by atoms with van der Waals surface area (Å²) in [4.78, 5) is 42.5. The molecule has 0 radical (unpaired) electrons. The van der Waals surface area contributed by atoms with E-state index in [0.717, 1.165) is 42.3 Å². The number of carbonyl (C=O) groups excluding carboxylic acids is 3. The zero-order chi connectivity index (χ0) is 29.1. The Bertz CT molecular complexity index is 1340. The molecule has 3 heterocycles. The molecule has 0 aliphatic carbocycles. The van der Waals surface area contributed by atoms with E-state index in [-0.39, 0.29) is 43.5 Å². The lowest BCUT2D eigenvalue weighted by Crippen LogP contribution is -2.44. The normalized spacial score (nSPS) is 24.7. The number of aliphatic hydroxyl groups excluding tert-OH is 1. The van der Waals surface area contributed by atoms with E-state index in [1.54, 1.807) is 34.9 Å². The Morgan fingerprint density at radius 1 is 1.22 bits per heavy atom. The quantitative estimate of drug-likeness (QED) is 0.317. The average molecular weight is 626 g/mol. The first kappa shape index (κ1) is 29.4. The molecule has 0 aromatic heterocycles. The van der Waals surface area contributed by atoms with E-state index >= 15 is 0 Å². The number of amides is 3. The number of hydrogen-bond acceptors (Lipinski definition) is 6. The zero-order valence-corrected chi connectivity index (χ0v) is 24.8. The SMILES string of the molecule is C[C@H](/C=C/CC(=O)N1CCC[C@H]1CO)[C@@]1(O)C(=O)N(Cc2cccc(NC(=O)[C@H]3CCCN3)c2)c2ccc(Br)cc21. The van der Waals surface area contributed by atoms with Crippen molar-refractivity contribution in [2.24, 2.45) is 5.92 Å². The van der Waals surface area contributed by atoms with E-state index in [0.29, 0.717) is 23.5 Å². The minimum absolute atomic E-state index is 0.0470. The first-order chi connectivity index (χ1) is 19.7.